The summed E-state index contributed by atoms with van der Waals surface area (Å²) in [5.74, 6) is -0.0944. The molecule has 0 saturated carbocycles. The number of anilines is 1. The number of nitrogens with one attached hydrogen (secondary N) is 1. The average Bonchev–Trinajstić information content (AvgIpc) is 2.75. The van der Waals surface area contributed by atoms with Crippen molar-refractivity contribution >= 4 is 17.6 Å². The second-order valence-corrected chi connectivity index (χ2v) is 6.58. The fourth-order valence-corrected chi connectivity index (χ4v) is 2.70. The molecule has 0 saturated heterocycles. The molecule has 2 aromatic carbocycles. The third kappa shape index (κ3) is 5.25. The van der Waals surface area contributed by atoms with Crippen LogP contribution < -0.4 is 5.32 Å². The van der Waals surface area contributed by atoms with Crippen LogP contribution in [-0.2, 0) is 4.74 Å². The van der Waals surface area contributed by atoms with Crippen LogP contribution in [0.1, 0.15) is 46.2 Å². The van der Waals surface area contributed by atoms with Crippen LogP contribution in [0.25, 0.3) is 11.4 Å². The average molecular weight is 389 g/mol. The zero-order valence-electron chi connectivity index (χ0n) is 16.5. The fourth-order valence-electron chi connectivity index (χ4n) is 2.70. The summed E-state index contributed by atoms with van der Waals surface area (Å²) in [7, 11) is 0. The molecule has 0 aliphatic rings. The van der Waals surface area contributed by atoms with Crippen LogP contribution in [0.2, 0.25) is 0 Å². The maximum Gasteiger partial charge on any atom is 0.338 e. The summed E-state index contributed by atoms with van der Waals surface area (Å²) in [5.41, 5.74) is 2.90. The first-order valence-electron chi connectivity index (χ1n) is 9.56. The molecular formula is C23H23N3O3. The molecule has 0 atom stereocenters. The summed E-state index contributed by atoms with van der Waals surface area (Å²) < 4.78 is 5.18. The van der Waals surface area contributed by atoms with Crippen molar-refractivity contribution in [1.82, 2.24) is 9.97 Å². The summed E-state index contributed by atoms with van der Waals surface area (Å²) >= 11 is 0. The third-order valence-electron chi connectivity index (χ3n) is 4.37. The van der Waals surface area contributed by atoms with E-state index in [1.807, 2.05) is 37.3 Å². The molecule has 3 aromatic rings. The van der Waals surface area contributed by atoms with E-state index in [0.29, 0.717) is 34.9 Å². The van der Waals surface area contributed by atoms with Crippen molar-refractivity contribution in [1.29, 1.82) is 0 Å². The summed E-state index contributed by atoms with van der Waals surface area (Å²) in [4.78, 5) is 33.3. The Morgan fingerprint density at radius 3 is 2.41 bits per heavy atom. The van der Waals surface area contributed by atoms with Gasteiger partial charge in [-0.2, -0.15) is 0 Å². The Labute approximate surface area is 170 Å². The third-order valence-corrected chi connectivity index (χ3v) is 4.37. The van der Waals surface area contributed by atoms with Gasteiger partial charge in [-0.05, 0) is 37.6 Å². The molecule has 1 N–H and O–H groups in total. The first-order valence-corrected chi connectivity index (χ1v) is 9.56. The number of aryl methyl sites for hydroxylation is 1. The van der Waals surface area contributed by atoms with Gasteiger partial charge < -0.3 is 10.1 Å². The minimum Gasteiger partial charge on any atom is -0.462 e. The maximum atomic E-state index is 12.6. The topological polar surface area (TPSA) is 81.2 Å². The largest absolute Gasteiger partial charge is 0.462 e. The number of benzene rings is 2. The van der Waals surface area contributed by atoms with Crippen LogP contribution in [-0.4, -0.2) is 28.5 Å². The number of aromatic nitrogens is 2. The van der Waals surface area contributed by atoms with Gasteiger partial charge in [-0.25, -0.2) is 14.8 Å². The van der Waals surface area contributed by atoms with E-state index in [1.54, 1.807) is 31.2 Å². The molecule has 0 fully saturated rings. The lowest BCUT2D eigenvalue weighted by Gasteiger charge is -2.09. The van der Waals surface area contributed by atoms with Crippen molar-refractivity contribution < 1.29 is 14.3 Å². The van der Waals surface area contributed by atoms with Crippen LogP contribution in [0.15, 0.2) is 60.8 Å². The predicted octanol–water partition coefficient (Wildman–Crippen LogP) is 4.66. The van der Waals surface area contributed by atoms with Gasteiger partial charge in [0.15, 0.2) is 5.82 Å². The Morgan fingerprint density at radius 2 is 1.76 bits per heavy atom. The monoisotopic (exact) mass is 389 g/mol. The van der Waals surface area contributed by atoms with Gasteiger partial charge in [-0.1, -0.05) is 43.7 Å². The number of rotatable bonds is 7. The number of ether oxygens (including phenoxy) is 1. The van der Waals surface area contributed by atoms with Gasteiger partial charge in [0.1, 0.15) is 0 Å². The Kier molecular flexibility index (Phi) is 6.68. The Balaban J connectivity index is 1.66. The van der Waals surface area contributed by atoms with Gasteiger partial charge in [-0.3, -0.25) is 4.79 Å². The van der Waals surface area contributed by atoms with E-state index < -0.39 is 0 Å². The highest BCUT2D eigenvalue weighted by atomic mass is 16.5. The smallest absolute Gasteiger partial charge is 0.338 e. The lowest BCUT2D eigenvalue weighted by molar-refractivity contribution is 0.0499. The minimum atomic E-state index is -0.364. The fraction of sp³-hybridized carbons (Fsp3) is 0.217. The predicted molar refractivity (Wildman–Crippen MR) is 112 cm³/mol. The lowest BCUT2D eigenvalue weighted by Crippen LogP contribution is -2.15. The standard InChI is InChI=1S/C23H23N3O3/c1-3-4-14-29-23(28)18-10-12-19(13-11-18)26-22(27)20-15-24-21(25-16(20)2)17-8-6-5-7-9-17/h5-13,15H,3-4,14H2,1-2H3,(H,26,27). The molecule has 6 heteroatoms. The molecular weight excluding hydrogens is 366 g/mol. The maximum absolute atomic E-state index is 12.6. The normalized spacial score (nSPS) is 10.4. The molecule has 0 bridgehead atoms. The molecule has 0 aliphatic carbocycles. The molecule has 0 aliphatic heterocycles. The van der Waals surface area contributed by atoms with Crippen molar-refractivity contribution in [3.63, 3.8) is 0 Å². The van der Waals surface area contributed by atoms with Gasteiger partial charge in [0.25, 0.3) is 5.91 Å². The van der Waals surface area contributed by atoms with Crippen LogP contribution in [0.3, 0.4) is 0 Å². The zero-order chi connectivity index (χ0) is 20.6. The summed E-state index contributed by atoms with van der Waals surface area (Å²) in [6.07, 6.45) is 3.33. The van der Waals surface area contributed by atoms with Crippen LogP contribution in [0.4, 0.5) is 5.69 Å². The van der Waals surface area contributed by atoms with Crippen LogP contribution >= 0.6 is 0 Å². The highest BCUT2D eigenvalue weighted by Gasteiger charge is 2.13. The molecule has 3 rings (SSSR count). The molecule has 1 aromatic heterocycles. The van der Waals surface area contributed by atoms with E-state index in [-0.39, 0.29) is 11.9 Å². The number of hydrogen-bond acceptors (Lipinski definition) is 5. The summed E-state index contributed by atoms with van der Waals surface area (Å²) in [6, 6.07) is 16.2. The van der Waals surface area contributed by atoms with E-state index in [9.17, 15) is 9.59 Å². The number of amides is 1. The quantitative estimate of drug-likeness (QED) is 0.469. The van der Waals surface area contributed by atoms with Gasteiger partial charge >= 0.3 is 5.97 Å². The Bertz CT molecular complexity index is 986. The molecule has 1 amide bonds. The van der Waals surface area contributed by atoms with E-state index in [1.165, 1.54) is 6.20 Å². The Morgan fingerprint density at radius 1 is 1.03 bits per heavy atom. The number of hydrogen-bond donors (Lipinski definition) is 1. The van der Waals surface area contributed by atoms with E-state index >= 15 is 0 Å². The minimum absolute atomic E-state index is 0.305. The van der Waals surface area contributed by atoms with Gasteiger partial charge in [0, 0.05) is 17.4 Å². The first-order chi connectivity index (χ1) is 14.1. The Hall–Kier alpha value is -3.54. The van der Waals surface area contributed by atoms with Gasteiger partial charge in [-0.15, -0.1) is 0 Å². The van der Waals surface area contributed by atoms with E-state index in [4.69, 9.17) is 4.74 Å². The van der Waals surface area contributed by atoms with Crippen molar-refractivity contribution in [3.8, 4) is 11.4 Å². The van der Waals surface area contributed by atoms with E-state index in [2.05, 4.69) is 15.3 Å². The molecule has 0 spiro atoms. The number of carbonyl (C=O) groups is 2. The van der Waals surface area contributed by atoms with Crippen molar-refractivity contribution in [3.05, 3.63) is 77.6 Å². The van der Waals surface area contributed by atoms with Crippen LogP contribution in [0, 0.1) is 6.92 Å². The summed E-state index contributed by atoms with van der Waals surface area (Å²) in [6.45, 7) is 4.22. The number of unbranched alkanes of at least 4 members (excludes halogenated alkanes) is 1. The molecule has 1 heterocycles. The number of esters is 1. The highest BCUT2D eigenvalue weighted by Crippen LogP contribution is 2.17. The zero-order valence-corrected chi connectivity index (χ0v) is 16.5. The van der Waals surface area contributed by atoms with E-state index in [0.717, 1.165) is 18.4 Å². The number of carbonyl (C=O) groups excluding carboxylic acids is 2. The SMILES string of the molecule is CCCCOC(=O)c1ccc(NC(=O)c2cnc(-c3ccccc3)nc2C)cc1. The molecule has 29 heavy (non-hydrogen) atoms. The van der Waals surface area contributed by atoms with Crippen molar-refractivity contribution in [2.75, 3.05) is 11.9 Å². The van der Waals surface area contributed by atoms with Crippen LogP contribution in [0.5, 0.6) is 0 Å². The second-order valence-electron chi connectivity index (χ2n) is 6.58. The second kappa shape index (κ2) is 9.59. The molecule has 0 radical (unpaired) electrons. The molecule has 0 unspecified atom stereocenters. The highest BCUT2D eigenvalue weighted by molar-refractivity contribution is 6.05. The molecule has 148 valence electrons. The first kappa shape index (κ1) is 20.2. The summed E-state index contributed by atoms with van der Waals surface area (Å²) in [5, 5.41) is 2.81. The van der Waals surface area contributed by atoms with Gasteiger partial charge in [0.05, 0.1) is 23.4 Å². The van der Waals surface area contributed by atoms with Crippen molar-refractivity contribution in [2.45, 2.75) is 26.7 Å². The number of nitrogens with zero attached hydrogens (tertiary/aromatic N) is 2. The van der Waals surface area contributed by atoms with Gasteiger partial charge in [0.2, 0.25) is 0 Å². The molecule has 6 nitrogen and oxygen atoms in total. The van der Waals surface area contributed by atoms with Crippen molar-refractivity contribution in [2.24, 2.45) is 0 Å². The lowest BCUT2D eigenvalue weighted by atomic mass is 10.1.